The monoisotopic (exact) mass is 557 g/mol. The second-order valence-corrected chi connectivity index (χ2v) is 9.60. The van der Waals surface area contributed by atoms with Gasteiger partial charge in [0.2, 0.25) is 5.75 Å². The third kappa shape index (κ3) is 6.39. The normalized spacial score (nSPS) is 11.3. The molecule has 0 saturated heterocycles. The van der Waals surface area contributed by atoms with Gasteiger partial charge in [-0.15, -0.1) is 0 Å². The number of nitriles is 1. The Morgan fingerprint density at radius 1 is 1.11 bits per heavy atom. The van der Waals surface area contributed by atoms with Crippen molar-refractivity contribution in [3.63, 3.8) is 0 Å². The summed E-state index contributed by atoms with van der Waals surface area (Å²) in [6, 6.07) is 14.1. The Hall–Kier alpha value is -4.60. The standard InChI is InChI=1S/C25H20ClN3O8S/c1-15-4-7-19(8-5-15)38(33,34)37-24-20(26)11-16(12-23(24)36-3)10-17(14-27)25(30)28-21-9-6-18(35-2)13-22(21)29(31)32/h4-13H,1-3H3,(H,28,30)/b17-10+. The molecule has 0 radical (unpaired) electrons. The van der Waals surface area contributed by atoms with Gasteiger partial charge in [0.15, 0.2) is 5.75 Å². The Bertz CT molecular complexity index is 1580. The van der Waals surface area contributed by atoms with E-state index in [1.54, 1.807) is 25.1 Å². The Kier molecular flexibility index (Phi) is 8.57. The number of benzene rings is 3. The molecule has 0 unspecified atom stereocenters. The van der Waals surface area contributed by atoms with Gasteiger partial charge in [-0.25, -0.2) is 0 Å². The number of carbonyl (C=O) groups excluding carboxylic acids is 1. The number of ether oxygens (including phenoxy) is 2. The van der Waals surface area contributed by atoms with Crippen LogP contribution in [0.2, 0.25) is 5.02 Å². The maximum Gasteiger partial charge on any atom is 0.339 e. The fourth-order valence-corrected chi connectivity index (χ4v) is 4.43. The highest BCUT2D eigenvalue weighted by molar-refractivity contribution is 7.87. The van der Waals surface area contributed by atoms with Crippen molar-refractivity contribution in [2.75, 3.05) is 19.5 Å². The number of anilines is 1. The highest BCUT2D eigenvalue weighted by Crippen LogP contribution is 2.39. The van der Waals surface area contributed by atoms with Crippen molar-refractivity contribution in [1.29, 1.82) is 5.26 Å². The van der Waals surface area contributed by atoms with Crippen LogP contribution in [0, 0.1) is 28.4 Å². The number of carbonyl (C=O) groups is 1. The van der Waals surface area contributed by atoms with Crippen LogP contribution < -0.4 is 19.0 Å². The van der Waals surface area contributed by atoms with E-state index in [9.17, 15) is 28.6 Å². The molecule has 0 aliphatic heterocycles. The zero-order valence-electron chi connectivity index (χ0n) is 20.2. The number of nitro benzene ring substituents is 1. The number of nitrogens with zero attached hydrogens (tertiary/aromatic N) is 2. The third-order valence-electron chi connectivity index (χ3n) is 5.08. The first-order chi connectivity index (χ1) is 18.0. The molecule has 1 amide bonds. The van der Waals surface area contributed by atoms with Crippen LogP contribution in [-0.4, -0.2) is 33.5 Å². The Morgan fingerprint density at radius 2 is 1.79 bits per heavy atom. The van der Waals surface area contributed by atoms with Gasteiger partial charge in [0.05, 0.1) is 30.2 Å². The summed E-state index contributed by atoms with van der Waals surface area (Å²) in [5.74, 6) is -1.09. The minimum absolute atomic E-state index is 0.0806. The van der Waals surface area contributed by atoms with Gasteiger partial charge in [-0.2, -0.15) is 13.7 Å². The first-order valence-electron chi connectivity index (χ1n) is 10.6. The van der Waals surface area contributed by atoms with E-state index in [0.29, 0.717) is 0 Å². The predicted octanol–water partition coefficient (Wildman–Crippen LogP) is 4.89. The molecule has 0 aromatic heterocycles. The molecule has 196 valence electrons. The lowest BCUT2D eigenvalue weighted by Crippen LogP contribution is -2.14. The zero-order chi connectivity index (χ0) is 28.0. The molecule has 0 aliphatic rings. The molecular formula is C25H20ClN3O8S. The summed E-state index contributed by atoms with van der Waals surface area (Å²) in [7, 11) is -1.66. The Morgan fingerprint density at radius 3 is 2.37 bits per heavy atom. The third-order valence-corrected chi connectivity index (χ3v) is 6.60. The minimum Gasteiger partial charge on any atom is -0.496 e. The molecule has 0 atom stereocenters. The lowest BCUT2D eigenvalue weighted by molar-refractivity contribution is -0.384. The molecule has 0 saturated carbocycles. The number of nitrogens with one attached hydrogen (secondary N) is 1. The smallest absolute Gasteiger partial charge is 0.339 e. The highest BCUT2D eigenvalue weighted by Gasteiger charge is 2.23. The second-order valence-electron chi connectivity index (χ2n) is 7.65. The molecule has 3 aromatic rings. The molecule has 3 aromatic carbocycles. The number of nitro groups is 1. The summed E-state index contributed by atoms with van der Waals surface area (Å²) < 4.78 is 40.9. The van der Waals surface area contributed by atoms with Crippen LogP contribution in [-0.2, 0) is 14.9 Å². The largest absolute Gasteiger partial charge is 0.496 e. The van der Waals surface area contributed by atoms with Crippen LogP contribution in [0.25, 0.3) is 6.08 Å². The summed E-state index contributed by atoms with van der Waals surface area (Å²) >= 11 is 6.28. The molecular weight excluding hydrogens is 538 g/mol. The zero-order valence-corrected chi connectivity index (χ0v) is 21.8. The van der Waals surface area contributed by atoms with Crippen molar-refractivity contribution < 1.29 is 31.8 Å². The first kappa shape index (κ1) is 28.0. The second kappa shape index (κ2) is 11.6. The SMILES string of the molecule is COc1ccc(NC(=O)/C(C#N)=C/c2cc(Cl)c(OS(=O)(=O)c3ccc(C)cc3)c(OC)c2)c([N+](=O)[O-])c1. The number of hydrogen-bond acceptors (Lipinski definition) is 9. The van der Waals surface area contributed by atoms with Gasteiger partial charge in [0, 0.05) is 0 Å². The van der Waals surface area contributed by atoms with Crippen LogP contribution in [0.1, 0.15) is 11.1 Å². The quantitative estimate of drug-likeness (QED) is 0.127. The van der Waals surface area contributed by atoms with Gasteiger partial charge in [0.25, 0.3) is 11.6 Å². The lowest BCUT2D eigenvalue weighted by Gasteiger charge is -2.13. The molecule has 0 fully saturated rings. The summed E-state index contributed by atoms with van der Waals surface area (Å²) in [5, 5.41) is 23.1. The molecule has 0 bridgehead atoms. The van der Waals surface area contributed by atoms with Crippen LogP contribution in [0.3, 0.4) is 0 Å². The fourth-order valence-electron chi connectivity index (χ4n) is 3.17. The van der Waals surface area contributed by atoms with Crippen molar-refractivity contribution >= 4 is 45.1 Å². The maximum atomic E-state index is 12.7. The minimum atomic E-state index is -4.25. The van der Waals surface area contributed by atoms with Gasteiger partial charge in [-0.1, -0.05) is 29.3 Å². The van der Waals surface area contributed by atoms with Crippen LogP contribution in [0.4, 0.5) is 11.4 Å². The van der Waals surface area contributed by atoms with E-state index >= 15 is 0 Å². The molecule has 11 nitrogen and oxygen atoms in total. The van der Waals surface area contributed by atoms with E-state index in [1.807, 2.05) is 0 Å². The van der Waals surface area contributed by atoms with Crippen LogP contribution in [0.15, 0.2) is 65.1 Å². The Labute approximate surface area is 223 Å². The summed E-state index contributed by atoms with van der Waals surface area (Å²) in [6.07, 6.45) is 1.15. The van der Waals surface area contributed by atoms with E-state index in [1.165, 1.54) is 50.6 Å². The molecule has 0 spiro atoms. The molecule has 0 heterocycles. The maximum absolute atomic E-state index is 12.7. The summed E-state index contributed by atoms with van der Waals surface area (Å²) in [4.78, 5) is 23.3. The topological polar surface area (TPSA) is 158 Å². The van der Waals surface area contributed by atoms with Gasteiger partial charge in [-0.3, -0.25) is 14.9 Å². The molecule has 38 heavy (non-hydrogen) atoms. The van der Waals surface area contributed by atoms with Crippen molar-refractivity contribution in [3.8, 4) is 23.3 Å². The van der Waals surface area contributed by atoms with E-state index in [4.69, 9.17) is 25.3 Å². The van der Waals surface area contributed by atoms with Crippen molar-refractivity contribution in [2.24, 2.45) is 0 Å². The van der Waals surface area contributed by atoms with Gasteiger partial charge in [-0.05, 0) is 55.0 Å². The number of halogens is 1. The van der Waals surface area contributed by atoms with Gasteiger partial charge >= 0.3 is 10.1 Å². The number of amides is 1. The number of aryl methyl sites for hydroxylation is 1. The Balaban J connectivity index is 1.93. The average molecular weight is 558 g/mol. The number of rotatable bonds is 9. The average Bonchev–Trinajstić information content (AvgIpc) is 2.88. The van der Waals surface area contributed by atoms with E-state index in [0.717, 1.165) is 17.7 Å². The van der Waals surface area contributed by atoms with Gasteiger partial charge < -0.3 is 19.0 Å². The van der Waals surface area contributed by atoms with Crippen molar-refractivity contribution in [1.82, 2.24) is 0 Å². The lowest BCUT2D eigenvalue weighted by atomic mass is 10.1. The number of methoxy groups -OCH3 is 2. The van der Waals surface area contributed by atoms with E-state index in [2.05, 4.69) is 5.32 Å². The van der Waals surface area contributed by atoms with Crippen LogP contribution >= 0.6 is 11.6 Å². The van der Waals surface area contributed by atoms with Crippen molar-refractivity contribution in [2.45, 2.75) is 11.8 Å². The predicted molar refractivity (Wildman–Crippen MR) is 139 cm³/mol. The first-order valence-corrected chi connectivity index (χ1v) is 12.4. The highest BCUT2D eigenvalue weighted by atomic mass is 35.5. The molecule has 0 aliphatic carbocycles. The summed E-state index contributed by atoms with van der Waals surface area (Å²) in [6.45, 7) is 1.80. The van der Waals surface area contributed by atoms with E-state index in [-0.39, 0.29) is 38.4 Å². The van der Waals surface area contributed by atoms with Crippen molar-refractivity contribution in [3.05, 3.63) is 86.4 Å². The molecule has 3 rings (SSSR count). The summed E-state index contributed by atoms with van der Waals surface area (Å²) in [5.41, 5.74) is 0.0466. The van der Waals surface area contributed by atoms with Gasteiger partial charge in [0.1, 0.15) is 28.0 Å². The molecule has 1 N–H and O–H groups in total. The fraction of sp³-hybridized carbons (Fsp3) is 0.120. The molecule has 13 heteroatoms. The number of hydrogen-bond donors (Lipinski definition) is 1. The van der Waals surface area contributed by atoms with Crippen LogP contribution in [0.5, 0.6) is 17.2 Å². The van der Waals surface area contributed by atoms with E-state index < -0.39 is 32.2 Å².